The minimum absolute atomic E-state index is 0.0254. The molecule has 0 fully saturated rings. The van der Waals surface area contributed by atoms with E-state index >= 15 is 0 Å². The van der Waals surface area contributed by atoms with Crippen molar-refractivity contribution < 1.29 is 18.7 Å². The molecule has 0 aliphatic carbocycles. The van der Waals surface area contributed by atoms with E-state index in [4.69, 9.17) is 9.15 Å². The molecular formula is C19H24N2O4. The SMILES string of the molecule is Cc1ccc(OCCCNC(=O)CCCNC(=O)c2ccco2)cc1. The average Bonchev–Trinajstić information content (AvgIpc) is 3.14. The van der Waals surface area contributed by atoms with Crippen LogP contribution in [0.25, 0.3) is 0 Å². The monoisotopic (exact) mass is 344 g/mol. The first-order chi connectivity index (χ1) is 12.1. The predicted molar refractivity (Wildman–Crippen MR) is 94.6 cm³/mol. The summed E-state index contributed by atoms with van der Waals surface area (Å²) in [6.07, 6.45) is 3.15. The van der Waals surface area contributed by atoms with Gasteiger partial charge in [-0.2, -0.15) is 0 Å². The minimum Gasteiger partial charge on any atom is -0.494 e. The number of amides is 2. The summed E-state index contributed by atoms with van der Waals surface area (Å²) in [5.41, 5.74) is 1.19. The van der Waals surface area contributed by atoms with E-state index in [0.717, 1.165) is 12.2 Å². The van der Waals surface area contributed by atoms with Crippen molar-refractivity contribution in [3.63, 3.8) is 0 Å². The largest absolute Gasteiger partial charge is 0.494 e. The Morgan fingerprint density at radius 2 is 1.80 bits per heavy atom. The van der Waals surface area contributed by atoms with E-state index in [9.17, 15) is 9.59 Å². The van der Waals surface area contributed by atoms with E-state index in [1.54, 1.807) is 12.1 Å². The molecule has 0 bridgehead atoms. The summed E-state index contributed by atoms with van der Waals surface area (Å²) in [6.45, 7) is 3.59. The van der Waals surface area contributed by atoms with Gasteiger partial charge in [-0.25, -0.2) is 0 Å². The molecule has 2 N–H and O–H groups in total. The highest BCUT2D eigenvalue weighted by atomic mass is 16.5. The van der Waals surface area contributed by atoms with Crippen molar-refractivity contribution in [1.82, 2.24) is 10.6 Å². The fourth-order valence-electron chi connectivity index (χ4n) is 2.16. The van der Waals surface area contributed by atoms with Gasteiger partial charge in [-0.3, -0.25) is 9.59 Å². The number of nitrogens with one attached hydrogen (secondary N) is 2. The second-order valence-electron chi connectivity index (χ2n) is 5.70. The molecule has 0 saturated heterocycles. The van der Waals surface area contributed by atoms with Crippen molar-refractivity contribution >= 4 is 11.8 Å². The summed E-state index contributed by atoms with van der Waals surface area (Å²) in [7, 11) is 0. The molecule has 0 spiro atoms. The van der Waals surface area contributed by atoms with Crippen molar-refractivity contribution in [3.8, 4) is 5.75 Å². The minimum atomic E-state index is -0.265. The highest BCUT2D eigenvalue weighted by molar-refractivity contribution is 5.91. The smallest absolute Gasteiger partial charge is 0.286 e. The number of hydrogen-bond acceptors (Lipinski definition) is 4. The average molecular weight is 344 g/mol. The maximum Gasteiger partial charge on any atom is 0.286 e. The van der Waals surface area contributed by atoms with Crippen molar-refractivity contribution in [2.75, 3.05) is 19.7 Å². The molecule has 134 valence electrons. The Morgan fingerprint density at radius 1 is 1.04 bits per heavy atom. The molecule has 6 heteroatoms. The van der Waals surface area contributed by atoms with Gasteiger partial charge in [-0.15, -0.1) is 0 Å². The van der Waals surface area contributed by atoms with E-state index in [1.807, 2.05) is 31.2 Å². The van der Waals surface area contributed by atoms with Crippen LogP contribution in [0, 0.1) is 6.92 Å². The lowest BCUT2D eigenvalue weighted by atomic mass is 10.2. The first kappa shape index (κ1) is 18.6. The van der Waals surface area contributed by atoms with Gasteiger partial charge in [-0.1, -0.05) is 17.7 Å². The van der Waals surface area contributed by atoms with Crippen molar-refractivity contribution in [2.45, 2.75) is 26.2 Å². The van der Waals surface area contributed by atoms with Gasteiger partial charge in [0.1, 0.15) is 5.75 Å². The molecule has 0 aliphatic rings. The summed E-state index contributed by atoms with van der Waals surface area (Å²) in [4.78, 5) is 23.3. The Kier molecular flexibility index (Phi) is 7.56. The number of carbonyl (C=O) groups excluding carboxylic acids is 2. The third-order valence-corrected chi connectivity index (χ3v) is 3.54. The maximum atomic E-state index is 11.7. The van der Waals surface area contributed by atoms with Crippen LogP contribution < -0.4 is 15.4 Å². The zero-order chi connectivity index (χ0) is 17.9. The maximum absolute atomic E-state index is 11.7. The number of hydrogen-bond donors (Lipinski definition) is 2. The Balaban J connectivity index is 1.47. The molecule has 1 aromatic heterocycles. The van der Waals surface area contributed by atoms with Crippen LogP contribution in [0.5, 0.6) is 5.75 Å². The van der Waals surface area contributed by atoms with Crippen LogP contribution in [-0.2, 0) is 4.79 Å². The first-order valence-electron chi connectivity index (χ1n) is 8.43. The van der Waals surface area contributed by atoms with Crippen LogP contribution in [-0.4, -0.2) is 31.5 Å². The predicted octanol–water partition coefficient (Wildman–Crippen LogP) is 2.68. The lowest BCUT2D eigenvalue weighted by Crippen LogP contribution is -2.28. The third kappa shape index (κ3) is 7.12. The van der Waals surface area contributed by atoms with E-state index in [1.165, 1.54) is 11.8 Å². The van der Waals surface area contributed by atoms with Crippen LogP contribution in [0.1, 0.15) is 35.4 Å². The van der Waals surface area contributed by atoms with Crippen LogP contribution in [0.2, 0.25) is 0 Å². The quantitative estimate of drug-likeness (QED) is 0.649. The van der Waals surface area contributed by atoms with E-state index in [2.05, 4.69) is 10.6 Å². The summed E-state index contributed by atoms with van der Waals surface area (Å²) >= 11 is 0. The highest BCUT2D eigenvalue weighted by Gasteiger charge is 2.07. The lowest BCUT2D eigenvalue weighted by Gasteiger charge is -2.08. The second kappa shape index (κ2) is 10.2. The number of benzene rings is 1. The molecule has 1 aromatic carbocycles. The molecule has 6 nitrogen and oxygen atoms in total. The summed E-state index contributed by atoms with van der Waals surface area (Å²) in [5, 5.41) is 5.55. The Morgan fingerprint density at radius 3 is 2.52 bits per heavy atom. The molecule has 2 aromatic rings. The standard InChI is InChI=1S/C19H24N2O4/c1-15-7-9-16(10-8-15)24-14-4-12-20-18(22)6-2-11-21-19(23)17-5-3-13-25-17/h3,5,7-10,13H,2,4,6,11-12,14H2,1H3,(H,20,22)(H,21,23). The van der Waals surface area contributed by atoms with Gasteiger partial charge >= 0.3 is 0 Å². The van der Waals surface area contributed by atoms with Gasteiger partial charge in [0.05, 0.1) is 12.9 Å². The van der Waals surface area contributed by atoms with E-state index in [-0.39, 0.29) is 17.6 Å². The molecule has 0 atom stereocenters. The Bertz CT molecular complexity index is 651. The topological polar surface area (TPSA) is 80.6 Å². The molecule has 2 amide bonds. The number of ether oxygens (including phenoxy) is 1. The van der Waals surface area contributed by atoms with E-state index in [0.29, 0.717) is 32.5 Å². The Hall–Kier alpha value is -2.76. The van der Waals surface area contributed by atoms with Crippen LogP contribution in [0.3, 0.4) is 0 Å². The van der Waals surface area contributed by atoms with Crippen molar-refractivity contribution in [3.05, 3.63) is 54.0 Å². The van der Waals surface area contributed by atoms with Crippen molar-refractivity contribution in [2.24, 2.45) is 0 Å². The van der Waals surface area contributed by atoms with Crippen LogP contribution in [0.4, 0.5) is 0 Å². The summed E-state index contributed by atoms with van der Waals surface area (Å²) < 4.78 is 10.6. The summed E-state index contributed by atoms with van der Waals surface area (Å²) in [5.74, 6) is 0.823. The highest BCUT2D eigenvalue weighted by Crippen LogP contribution is 2.11. The van der Waals surface area contributed by atoms with Crippen LogP contribution in [0.15, 0.2) is 47.1 Å². The molecule has 0 unspecified atom stereocenters. The zero-order valence-electron chi connectivity index (χ0n) is 14.4. The zero-order valence-corrected chi connectivity index (χ0v) is 14.4. The lowest BCUT2D eigenvalue weighted by molar-refractivity contribution is -0.121. The van der Waals surface area contributed by atoms with Gasteiger partial charge in [0.2, 0.25) is 5.91 Å². The second-order valence-corrected chi connectivity index (χ2v) is 5.70. The fraction of sp³-hybridized carbons (Fsp3) is 0.368. The summed E-state index contributed by atoms with van der Waals surface area (Å²) in [6, 6.07) is 11.1. The van der Waals surface area contributed by atoms with Gasteiger partial charge in [0.15, 0.2) is 5.76 Å². The molecule has 1 heterocycles. The number of carbonyl (C=O) groups is 2. The molecule has 25 heavy (non-hydrogen) atoms. The number of rotatable bonds is 10. The number of aryl methyl sites for hydroxylation is 1. The molecule has 0 aliphatic heterocycles. The van der Waals surface area contributed by atoms with Crippen molar-refractivity contribution in [1.29, 1.82) is 0 Å². The molecule has 2 rings (SSSR count). The van der Waals surface area contributed by atoms with E-state index < -0.39 is 0 Å². The van der Waals surface area contributed by atoms with Gasteiger partial charge < -0.3 is 19.8 Å². The third-order valence-electron chi connectivity index (χ3n) is 3.54. The number of furan rings is 1. The van der Waals surface area contributed by atoms with Gasteiger partial charge in [-0.05, 0) is 44.0 Å². The fourth-order valence-corrected chi connectivity index (χ4v) is 2.16. The van der Waals surface area contributed by atoms with Crippen LogP contribution >= 0.6 is 0 Å². The van der Waals surface area contributed by atoms with Gasteiger partial charge in [0, 0.05) is 19.5 Å². The molecule has 0 radical (unpaired) electrons. The first-order valence-corrected chi connectivity index (χ1v) is 8.43. The normalized spacial score (nSPS) is 10.3. The molecular weight excluding hydrogens is 320 g/mol. The Labute approximate surface area is 147 Å². The van der Waals surface area contributed by atoms with Gasteiger partial charge in [0.25, 0.3) is 5.91 Å². The molecule has 0 saturated carbocycles.